The summed E-state index contributed by atoms with van der Waals surface area (Å²) in [5.74, 6) is -4.19. The fourth-order valence-corrected chi connectivity index (χ4v) is 3.66. The van der Waals surface area contributed by atoms with Gasteiger partial charge in [0.2, 0.25) is 11.8 Å². The van der Waals surface area contributed by atoms with Crippen molar-refractivity contribution in [3.05, 3.63) is 71.9 Å². The summed E-state index contributed by atoms with van der Waals surface area (Å²) in [6.07, 6.45) is 0.916. The monoisotopic (exact) mass is 469 g/mol. The summed E-state index contributed by atoms with van der Waals surface area (Å²) in [7, 11) is 0. The lowest BCUT2D eigenvalue weighted by Gasteiger charge is -2.22. The van der Waals surface area contributed by atoms with Crippen molar-refractivity contribution in [2.45, 2.75) is 30.2 Å². The second-order valence-electron chi connectivity index (χ2n) is 7.44. The zero-order valence-corrected chi connectivity index (χ0v) is 18.3. The number of benzene rings is 2. The van der Waals surface area contributed by atoms with Gasteiger partial charge >= 0.3 is 11.9 Å². The molecule has 2 aromatic carbocycles. The first kappa shape index (κ1) is 23.9. The normalized spacial score (nSPS) is 13.6. The maximum Gasteiger partial charge on any atom is 0.326 e. The van der Waals surface area contributed by atoms with Crippen LogP contribution in [0, 0.1) is 0 Å². The molecule has 3 rings (SSSR count). The Morgan fingerprint density at radius 3 is 2.18 bits per heavy atom. The number of carboxylic acid groups (broad SMARTS) is 2. The summed E-state index contributed by atoms with van der Waals surface area (Å²) in [6, 6.07) is 13.1. The highest BCUT2D eigenvalue weighted by Gasteiger charge is 2.30. The van der Waals surface area contributed by atoms with Crippen molar-refractivity contribution in [2.75, 3.05) is 0 Å². The zero-order chi connectivity index (χ0) is 24.0. The SMILES string of the molecule is O=C(O)CC(NC(=O)C(S)c1ccccc1)C(=O)NC(Cc1c[nH]c2ccccc12)C(=O)O. The number of hydrogen-bond acceptors (Lipinski definition) is 5. The Bertz CT molecular complexity index is 1160. The van der Waals surface area contributed by atoms with Crippen LogP contribution in [0.4, 0.5) is 0 Å². The van der Waals surface area contributed by atoms with Gasteiger partial charge in [0, 0.05) is 23.5 Å². The van der Waals surface area contributed by atoms with Gasteiger partial charge in [-0.2, -0.15) is 12.6 Å². The van der Waals surface area contributed by atoms with Gasteiger partial charge in [0.15, 0.2) is 0 Å². The largest absolute Gasteiger partial charge is 0.481 e. The van der Waals surface area contributed by atoms with Gasteiger partial charge in [0.1, 0.15) is 17.3 Å². The smallest absolute Gasteiger partial charge is 0.326 e. The number of aromatic amines is 1. The van der Waals surface area contributed by atoms with Crippen LogP contribution < -0.4 is 10.6 Å². The Balaban J connectivity index is 1.73. The number of nitrogens with one attached hydrogen (secondary N) is 3. The Labute approximate surface area is 194 Å². The molecule has 3 unspecified atom stereocenters. The van der Waals surface area contributed by atoms with Gasteiger partial charge in [-0.25, -0.2) is 4.79 Å². The fourth-order valence-electron chi connectivity index (χ4n) is 3.41. The number of carboxylic acids is 2. The number of carbonyl (C=O) groups is 4. The average molecular weight is 470 g/mol. The van der Waals surface area contributed by atoms with Crippen molar-refractivity contribution >= 4 is 47.3 Å². The van der Waals surface area contributed by atoms with E-state index < -0.39 is 47.5 Å². The minimum atomic E-state index is -1.47. The maximum absolute atomic E-state index is 12.8. The molecule has 0 spiro atoms. The molecule has 10 heteroatoms. The molecule has 0 saturated carbocycles. The van der Waals surface area contributed by atoms with E-state index in [2.05, 4.69) is 28.2 Å². The van der Waals surface area contributed by atoms with Crippen LogP contribution in [0.3, 0.4) is 0 Å². The molecule has 3 aromatic rings. The molecule has 1 aromatic heterocycles. The number of carbonyl (C=O) groups excluding carboxylic acids is 2. The van der Waals surface area contributed by atoms with E-state index in [9.17, 15) is 29.4 Å². The van der Waals surface area contributed by atoms with Crippen LogP contribution in [0.25, 0.3) is 10.9 Å². The van der Waals surface area contributed by atoms with Crippen LogP contribution in [0.15, 0.2) is 60.8 Å². The summed E-state index contributed by atoms with van der Waals surface area (Å²) in [5.41, 5.74) is 2.06. The molecule has 0 fully saturated rings. The topological polar surface area (TPSA) is 149 Å². The molecule has 172 valence electrons. The van der Waals surface area contributed by atoms with Crippen LogP contribution in [0.5, 0.6) is 0 Å². The number of fused-ring (bicyclic) bond motifs is 1. The Morgan fingerprint density at radius 1 is 0.879 bits per heavy atom. The quantitative estimate of drug-likeness (QED) is 0.250. The van der Waals surface area contributed by atoms with Gasteiger partial charge < -0.3 is 25.8 Å². The van der Waals surface area contributed by atoms with Gasteiger partial charge in [0.05, 0.1) is 6.42 Å². The van der Waals surface area contributed by atoms with Crippen molar-refractivity contribution in [3.8, 4) is 0 Å². The highest BCUT2D eigenvalue weighted by atomic mass is 32.1. The highest BCUT2D eigenvalue weighted by Crippen LogP contribution is 2.21. The van der Waals surface area contributed by atoms with Crippen LogP contribution in [-0.2, 0) is 25.6 Å². The van der Waals surface area contributed by atoms with Crippen molar-refractivity contribution in [1.82, 2.24) is 15.6 Å². The summed E-state index contributed by atoms with van der Waals surface area (Å²) < 4.78 is 0. The molecule has 5 N–H and O–H groups in total. The van der Waals surface area contributed by atoms with Crippen molar-refractivity contribution in [1.29, 1.82) is 0 Å². The standard InChI is InChI=1S/C23H23N3O6S/c27-19(28)11-17(25-22(30)20(33)13-6-2-1-3-7-13)21(29)26-18(23(31)32)10-14-12-24-16-9-5-4-8-15(14)16/h1-9,12,17-18,20,24,33H,10-11H2,(H,25,30)(H,26,29)(H,27,28)(H,31,32). The summed E-state index contributed by atoms with van der Waals surface area (Å²) in [6.45, 7) is 0. The van der Waals surface area contributed by atoms with Gasteiger partial charge in [-0.15, -0.1) is 0 Å². The van der Waals surface area contributed by atoms with E-state index in [0.29, 0.717) is 11.1 Å². The average Bonchev–Trinajstić information content (AvgIpc) is 3.20. The number of amides is 2. The third kappa shape index (κ3) is 6.13. The van der Waals surface area contributed by atoms with E-state index >= 15 is 0 Å². The van der Waals surface area contributed by atoms with Gasteiger partial charge in [-0.1, -0.05) is 48.5 Å². The number of thiol groups is 1. The summed E-state index contributed by atoms with van der Waals surface area (Å²) in [5, 5.41) is 23.4. The summed E-state index contributed by atoms with van der Waals surface area (Å²) >= 11 is 4.26. The number of hydrogen-bond donors (Lipinski definition) is 6. The van der Waals surface area contributed by atoms with E-state index in [4.69, 9.17) is 0 Å². The molecule has 1 heterocycles. The first-order valence-electron chi connectivity index (χ1n) is 10.1. The molecule has 0 aliphatic carbocycles. The minimum Gasteiger partial charge on any atom is -0.481 e. The first-order chi connectivity index (χ1) is 15.8. The molecule has 9 nitrogen and oxygen atoms in total. The maximum atomic E-state index is 12.8. The van der Waals surface area contributed by atoms with E-state index in [1.807, 2.05) is 24.3 Å². The van der Waals surface area contributed by atoms with Crippen LogP contribution in [0.1, 0.15) is 22.8 Å². The van der Waals surface area contributed by atoms with E-state index in [1.54, 1.807) is 36.5 Å². The number of rotatable bonds is 10. The number of aliphatic carboxylic acids is 2. The Hall–Kier alpha value is -3.79. The van der Waals surface area contributed by atoms with Crippen molar-refractivity contribution < 1.29 is 29.4 Å². The molecule has 0 aliphatic rings. The molecular formula is C23H23N3O6S. The lowest BCUT2D eigenvalue weighted by atomic mass is 10.0. The van der Waals surface area contributed by atoms with Crippen LogP contribution >= 0.6 is 12.6 Å². The fraction of sp³-hybridized carbons (Fsp3) is 0.217. The molecule has 2 amide bonds. The van der Waals surface area contributed by atoms with E-state index in [-0.39, 0.29) is 6.42 Å². The lowest BCUT2D eigenvalue weighted by Crippen LogP contribution is -2.53. The molecular weight excluding hydrogens is 446 g/mol. The van der Waals surface area contributed by atoms with Gasteiger partial charge in [-0.3, -0.25) is 14.4 Å². The Morgan fingerprint density at radius 2 is 1.52 bits per heavy atom. The molecule has 33 heavy (non-hydrogen) atoms. The van der Waals surface area contributed by atoms with E-state index in [0.717, 1.165) is 10.9 Å². The highest BCUT2D eigenvalue weighted by molar-refractivity contribution is 7.81. The predicted molar refractivity (Wildman–Crippen MR) is 124 cm³/mol. The molecule has 0 bridgehead atoms. The molecule has 0 radical (unpaired) electrons. The Kier molecular flexibility index (Phi) is 7.73. The number of H-pyrrole nitrogens is 1. The van der Waals surface area contributed by atoms with Gasteiger partial charge in [-0.05, 0) is 17.2 Å². The van der Waals surface area contributed by atoms with Crippen molar-refractivity contribution in [3.63, 3.8) is 0 Å². The lowest BCUT2D eigenvalue weighted by molar-refractivity contribution is -0.143. The molecule has 0 saturated heterocycles. The molecule has 0 aliphatic heterocycles. The zero-order valence-electron chi connectivity index (χ0n) is 17.4. The second kappa shape index (κ2) is 10.7. The third-order valence-electron chi connectivity index (χ3n) is 5.09. The second-order valence-corrected chi connectivity index (χ2v) is 7.95. The summed E-state index contributed by atoms with van der Waals surface area (Å²) in [4.78, 5) is 51.5. The minimum absolute atomic E-state index is 0.0297. The number of aromatic nitrogens is 1. The number of para-hydroxylation sites is 1. The van der Waals surface area contributed by atoms with E-state index in [1.165, 1.54) is 0 Å². The van der Waals surface area contributed by atoms with Gasteiger partial charge in [0.25, 0.3) is 0 Å². The van der Waals surface area contributed by atoms with Crippen LogP contribution in [-0.4, -0.2) is 51.0 Å². The third-order valence-corrected chi connectivity index (χ3v) is 5.62. The first-order valence-corrected chi connectivity index (χ1v) is 10.6. The molecule has 3 atom stereocenters. The van der Waals surface area contributed by atoms with Crippen LogP contribution in [0.2, 0.25) is 0 Å². The predicted octanol–water partition coefficient (Wildman–Crippen LogP) is 1.91. The van der Waals surface area contributed by atoms with Crippen molar-refractivity contribution in [2.24, 2.45) is 0 Å².